The molecule has 0 radical (unpaired) electrons. The Balaban J connectivity index is 0.000000175. The lowest BCUT2D eigenvalue weighted by Crippen LogP contribution is -2.10. The summed E-state index contributed by atoms with van der Waals surface area (Å²) in [5, 5.41) is 5.06. The normalized spacial score (nSPS) is 11.3. The van der Waals surface area contributed by atoms with Gasteiger partial charge in [0.05, 0.1) is 35.6 Å². The third-order valence-electron chi connectivity index (χ3n) is 11.9. The minimum Gasteiger partial charge on any atom is -0.461 e. The van der Waals surface area contributed by atoms with Crippen LogP contribution in [0.25, 0.3) is 93.6 Å². The van der Waals surface area contributed by atoms with E-state index in [-0.39, 0.29) is 18.9 Å². The Morgan fingerprint density at radius 1 is 0.522 bits per heavy atom. The van der Waals surface area contributed by atoms with Gasteiger partial charge < -0.3 is 9.47 Å². The van der Waals surface area contributed by atoms with Gasteiger partial charge in [0, 0.05) is 50.6 Å². The van der Waals surface area contributed by atoms with Gasteiger partial charge in [0.1, 0.15) is 0 Å². The first-order chi connectivity index (χ1) is 33.8. The zero-order valence-corrected chi connectivity index (χ0v) is 38.6. The summed E-state index contributed by atoms with van der Waals surface area (Å²) in [5.74, 6) is -0.929. The Morgan fingerprint density at radius 3 is 1.74 bits per heavy atom. The molecule has 4 aromatic heterocycles. The monoisotopic (exact) mass is 900 g/mol. The number of ether oxygens (including phenoxy) is 2. The van der Waals surface area contributed by atoms with Crippen LogP contribution in [0.5, 0.6) is 0 Å². The minimum absolute atomic E-state index is 0.231. The number of hydrogen-bond acceptors (Lipinski definition) is 8. The number of pyridine rings is 4. The molecule has 0 aliphatic carbocycles. The molecule has 0 amide bonds. The second-order valence-electron chi connectivity index (χ2n) is 16.2. The summed E-state index contributed by atoms with van der Waals surface area (Å²) in [4.78, 5) is 45.3. The van der Waals surface area contributed by atoms with Gasteiger partial charge in [-0.05, 0) is 89.7 Å². The summed E-state index contributed by atoms with van der Waals surface area (Å²) in [6.07, 6.45) is 8.76. The molecule has 4 heterocycles. The van der Waals surface area contributed by atoms with Gasteiger partial charge in [0.2, 0.25) is 0 Å². The van der Waals surface area contributed by atoms with Gasteiger partial charge in [0.25, 0.3) is 0 Å². The first-order valence-electron chi connectivity index (χ1n) is 22.8. The maximum Gasteiger partial charge on any atom is 0.357 e. The van der Waals surface area contributed by atoms with Crippen molar-refractivity contribution in [2.75, 3.05) is 13.2 Å². The maximum absolute atomic E-state index is 13.3. The highest BCUT2D eigenvalue weighted by Gasteiger charge is 2.24. The van der Waals surface area contributed by atoms with E-state index in [4.69, 9.17) is 19.4 Å². The number of benzene rings is 6. The van der Waals surface area contributed by atoms with Crippen LogP contribution in [0.15, 0.2) is 202 Å². The molecule has 0 atom stereocenters. The lowest BCUT2D eigenvalue weighted by Gasteiger charge is -2.16. The van der Waals surface area contributed by atoms with E-state index in [1.807, 2.05) is 97.1 Å². The molecule has 0 spiro atoms. The van der Waals surface area contributed by atoms with Crippen LogP contribution in [0.1, 0.15) is 46.1 Å². The van der Waals surface area contributed by atoms with E-state index in [9.17, 15) is 9.59 Å². The van der Waals surface area contributed by atoms with Crippen molar-refractivity contribution in [2.45, 2.75) is 20.8 Å². The van der Waals surface area contributed by atoms with Crippen molar-refractivity contribution in [3.8, 4) is 44.6 Å². The van der Waals surface area contributed by atoms with Crippen molar-refractivity contribution in [2.24, 2.45) is 0 Å². The number of hydrogen-bond donors (Lipinski definition) is 0. The minimum atomic E-state index is -0.489. The molecular weight excluding hydrogens is 853 g/mol. The average Bonchev–Trinajstić information content (AvgIpc) is 3.40. The third kappa shape index (κ3) is 9.03. The number of aromatic nitrogens is 4. The van der Waals surface area contributed by atoms with Gasteiger partial charge in [0.15, 0.2) is 11.4 Å². The molecule has 0 N–H and O–H groups in total. The molecule has 0 aliphatic rings. The number of fused-ring (bicyclic) bond motifs is 6. The molecule has 69 heavy (non-hydrogen) atoms. The fraction of sp³-hybridized carbons (Fsp3) is 0.0820. The van der Waals surface area contributed by atoms with Crippen LogP contribution in [-0.2, 0) is 9.47 Å². The summed E-state index contributed by atoms with van der Waals surface area (Å²) in [5.41, 5.74) is 12.5. The highest BCUT2D eigenvalue weighted by atomic mass is 16.5. The van der Waals surface area contributed by atoms with Crippen molar-refractivity contribution in [1.82, 2.24) is 19.9 Å². The highest BCUT2D eigenvalue weighted by molar-refractivity contribution is 6.21. The van der Waals surface area contributed by atoms with Crippen molar-refractivity contribution >= 4 is 60.9 Å². The van der Waals surface area contributed by atoms with Crippen LogP contribution in [0.3, 0.4) is 0 Å². The summed E-state index contributed by atoms with van der Waals surface area (Å²) < 4.78 is 10.8. The molecule has 0 unspecified atom stereocenters. The summed E-state index contributed by atoms with van der Waals surface area (Å²) in [7, 11) is 0. The van der Waals surface area contributed by atoms with E-state index in [0.717, 1.165) is 82.8 Å². The van der Waals surface area contributed by atoms with Crippen LogP contribution in [0.4, 0.5) is 0 Å². The fourth-order valence-electron chi connectivity index (χ4n) is 8.76. The van der Waals surface area contributed by atoms with Crippen molar-refractivity contribution < 1.29 is 19.1 Å². The van der Waals surface area contributed by atoms with Gasteiger partial charge >= 0.3 is 11.9 Å². The second-order valence-corrected chi connectivity index (χ2v) is 16.2. The lowest BCUT2D eigenvalue weighted by atomic mass is 9.92. The van der Waals surface area contributed by atoms with Gasteiger partial charge in [-0.1, -0.05) is 164 Å². The Kier molecular flexibility index (Phi) is 13.3. The van der Waals surface area contributed by atoms with E-state index < -0.39 is 11.9 Å². The van der Waals surface area contributed by atoms with E-state index in [1.165, 1.54) is 5.56 Å². The van der Waals surface area contributed by atoms with Crippen molar-refractivity contribution in [1.29, 1.82) is 0 Å². The van der Waals surface area contributed by atoms with E-state index in [1.54, 1.807) is 38.4 Å². The lowest BCUT2D eigenvalue weighted by molar-refractivity contribution is 0.0513. The molecule has 8 heteroatoms. The fourth-order valence-corrected chi connectivity index (χ4v) is 8.76. The molecule has 336 valence electrons. The highest BCUT2D eigenvalue weighted by Crippen LogP contribution is 2.41. The number of carbonyl (C=O) groups is 2. The summed E-state index contributed by atoms with van der Waals surface area (Å²) in [6, 6.07) is 52.9. The number of nitrogens with zero attached hydrogens (tertiary/aromatic N) is 4. The van der Waals surface area contributed by atoms with Gasteiger partial charge in [-0.25, -0.2) is 19.6 Å². The van der Waals surface area contributed by atoms with Crippen molar-refractivity contribution in [3.63, 3.8) is 0 Å². The van der Waals surface area contributed by atoms with Crippen LogP contribution in [0, 0.1) is 6.92 Å². The van der Waals surface area contributed by atoms with Crippen LogP contribution >= 0.6 is 0 Å². The number of rotatable bonds is 11. The Bertz CT molecular complexity index is 3590. The van der Waals surface area contributed by atoms with Crippen LogP contribution < -0.4 is 0 Å². The SMILES string of the molecule is C=C/C=C(\C=C)c1nccc2c1c(C(=O)OCC)nc1c(-c3ccccc3)cc(-c3ccc(C)cc3)cc12.CCOC(=O)c1nc2cccc(-c3ccccc3)c2c2ccnc(-c3ccccc3)c12. The first kappa shape index (κ1) is 45.3. The number of carbonyl (C=O) groups excluding carboxylic acids is 2. The van der Waals surface area contributed by atoms with E-state index in [2.05, 4.69) is 96.8 Å². The zero-order chi connectivity index (χ0) is 47.9. The van der Waals surface area contributed by atoms with Gasteiger partial charge in [-0.2, -0.15) is 0 Å². The topological polar surface area (TPSA) is 104 Å². The van der Waals surface area contributed by atoms with Gasteiger partial charge in [-0.3, -0.25) is 9.97 Å². The smallest absolute Gasteiger partial charge is 0.357 e. The Morgan fingerprint density at radius 2 is 1.12 bits per heavy atom. The molecule has 0 saturated heterocycles. The molecule has 0 aliphatic heterocycles. The molecule has 10 rings (SSSR count). The van der Waals surface area contributed by atoms with Crippen molar-refractivity contribution in [3.05, 3.63) is 224 Å². The zero-order valence-electron chi connectivity index (χ0n) is 38.6. The second kappa shape index (κ2) is 20.3. The average molecular weight is 901 g/mol. The van der Waals surface area contributed by atoms with Crippen LogP contribution in [0.2, 0.25) is 0 Å². The third-order valence-corrected chi connectivity index (χ3v) is 11.9. The van der Waals surface area contributed by atoms with E-state index >= 15 is 0 Å². The Hall–Kier alpha value is -8.88. The van der Waals surface area contributed by atoms with Gasteiger partial charge in [-0.15, -0.1) is 0 Å². The standard InChI is InChI=1S/C34H28N2O2.C27H20N2O2/c1-5-11-23(6-2)31-30-27(18-19-35-31)29-21-26(24-16-14-22(4)15-17-24)20-28(25-12-9-8-10-13-25)32(29)36-33(30)34(37)38-7-3;1-2-31-27(30)26-24-21(16-17-28-25(24)19-12-7-4-8-13-19)23-20(14-9-15-22(23)29-26)18-10-5-3-6-11-18/h5-6,8-21H,1-2,7H2,3-4H3;3-17H,2H2,1H3/b23-11+;. The predicted molar refractivity (Wildman–Crippen MR) is 281 cm³/mol. The molecule has 10 aromatic rings. The quantitative estimate of drug-likeness (QED) is 0.0718. The predicted octanol–water partition coefficient (Wildman–Crippen LogP) is 14.7. The van der Waals surface area contributed by atoms with Crippen LogP contribution in [-0.4, -0.2) is 45.1 Å². The molecule has 6 aromatic carbocycles. The number of esters is 2. The molecule has 0 bridgehead atoms. The molecule has 0 fully saturated rings. The molecule has 8 nitrogen and oxygen atoms in total. The largest absolute Gasteiger partial charge is 0.461 e. The Labute approximate surface area is 401 Å². The number of allylic oxidation sites excluding steroid dienone is 4. The number of aryl methyl sites for hydroxylation is 1. The molecule has 0 saturated carbocycles. The first-order valence-corrected chi connectivity index (χ1v) is 22.8. The summed E-state index contributed by atoms with van der Waals surface area (Å²) >= 11 is 0. The maximum atomic E-state index is 13.3. The summed E-state index contributed by atoms with van der Waals surface area (Å²) in [6.45, 7) is 14.0. The van der Waals surface area contributed by atoms with E-state index in [0.29, 0.717) is 22.2 Å². The molecular formula is C61H48N4O4.